The molecule has 5 rings (SSSR count). The maximum Gasteiger partial charge on any atom is 0.253 e. The van der Waals surface area contributed by atoms with E-state index in [0.717, 1.165) is 16.3 Å². The fourth-order valence-electron chi connectivity index (χ4n) is 4.53. The molecule has 5 aromatic rings. The van der Waals surface area contributed by atoms with Gasteiger partial charge in [-0.3, -0.25) is 14.6 Å². The zero-order valence-electron chi connectivity index (χ0n) is 20.7. The van der Waals surface area contributed by atoms with E-state index < -0.39 is 0 Å². The Balaban J connectivity index is 1.60. The maximum atomic E-state index is 13.7. The first-order valence-electron chi connectivity index (χ1n) is 12.0. The second kappa shape index (κ2) is 10.6. The number of hydrogen-bond donors (Lipinski definition) is 2. The minimum Gasteiger partial charge on any atom is -0.383 e. The van der Waals surface area contributed by atoms with Gasteiger partial charge in [-0.1, -0.05) is 48.5 Å². The van der Waals surface area contributed by atoms with E-state index in [-0.39, 0.29) is 11.8 Å². The summed E-state index contributed by atoms with van der Waals surface area (Å²) in [6, 6.07) is 23.2. The third kappa shape index (κ3) is 5.05. The summed E-state index contributed by atoms with van der Waals surface area (Å²) in [6.07, 6.45) is 1.70. The number of nitrogens with zero attached hydrogens (tertiary/aromatic N) is 3. The smallest absolute Gasteiger partial charge is 0.253 e. The summed E-state index contributed by atoms with van der Waals surface area (Å²) in [5.41, 5.74) is 3.84. The van der Waals surface area contributed by atoms with Crippen LogP contribution in [-0.4, -0.2) is 40.1 Å². The molecule has 0 aliphatic heterocycles. The van der Waals surface area contributed by atoms with E-state index in [9.17, 15) is 9.59 Å². The normalized spacial score (nSPS) is 11.1. The number of hydrogen-bond acceptors (Lipinski definition) is 5. The predicted octanol–water partition coefficient (Wildman–Crippen LogP) is 4.79. The Morgan fingerprint density at radius 2 is 1.81 bits per heavy atom. The van der Waals surface area contributed by atoms with E-state index in [1.807, 2.05) is 53.1 Å². The molecule has 2 N–H and O–H groups in total. The van der Waals surface area contributed by atoms with Crippen molar-refractivity contribution < 1.29 is 14.3 Å². The third-order valence-corrected chi connectivity index (χ3v) is 6.14. The summed E-state index contributed by atoms with van der Waals surface area (Å²) in [6.45, 7) is 2.68. The lowest BCUT2D eigenvalue weighted by Crippen LogP contribution is -2.24. The van der Waals surface area contributed by atoms with Gasteiger partial charge in [0.05, 0.1) is 23.2 Å². The molecule has 0 aliphatic rings. The topological polar surface area (TPSA) is 98.1 Å². The lowest BCUT2D eigenvalue weighted by Gasteiger charge is -2.14. The number of imidazole rings is 1. The average Bonchev–Trinajstić information content (AvgIpc) is 3.28. The first kappa shape index (κ1) is 24.1. The van der Waals surface area contributed by atoms with Crippen molar-refractivity contribution in [1.82, 2.24) is 19.9 Å². The lowest BCUT2D eigenvalue weighted by atomic mass is 10.0. The van der Waals surface area contributed by atoms with Gasteiger partial charge < -0.3 is 19.9 Å². The van der Waals surface area contributed by atoms with Crippen molar-refractivity contribution in [1.29, 1.82) is 0 Å². The van der Waals surface area contributed by atoms with E-state index in [2.05, 4.69) is 27.8 Å². The number of benzene rings is 3. The van der Waals surface area contributed by atoms with Gasteiger partial charge in [0.25, 0.3) is 5.91 Å². The molecule has 186 valence electrons. The third-order valence-electron chi connectivity index (χ3n) is 6.14. The van der Waals surface area contributed by atoms with Gasteiger partial charge in [-0.25, -0.2) is 4.98 Å². The van der Waals surface area contributed by atoms with Crippen LogP contribution >= 0.6 is 0 Å². The van der Waals surface area contributed by atoms with Gasteiger partial charge in [-0.05, 0) is 40.6 Å². The molecule has 0 radical (unpaired) electrons. The molecule has 0 spiro atoms. The Bertz CT molecular complexity index is 1590. The van der Waals surface area contributed by atoms with Gasteiger partial charge in [0.1, 0.15) is 5.69 Å². The fourth-order valence-corrected chi connectivity index (χ4v) is 4.53. The molecule has 0 unspecified atom stereocenters. The van der Waals surface area contributed by atoms with Gasteiger partial charge in [0.15, 0.2) is 5.82 Å². The molecule has 2 amide bonds. The number of nitrogens with one attached hydrogen (secondary N) is 2. The largest absolute Gasteiger partial charge is 0.383 e. The molecule has 2 heterocycles. The van der Waals surface area contributed by atoms with Crippen molar-refractivity contribution in [3.8, 4) is 11.5 Å². The van der Waals surface area contributed by atoms with E-state index in [1.165, 1.54) is 6.92 Å². The summed E-state index contributed by atoms with van der Waals surface area (Å²) in [4.78, 5) is 34.8. The molecule has 0 aliphatic carbocycles. The number of carbonyl (C=O) groups excluding carboxylic acids is 2. The highest BCUT2D eigenvalue weighted by atomic mass is 16.5. The number of aromatic nitrogens is 3. The van der Waals surface area contributed by atoms with Gasteiger partial charge in [0.2, 0.25) is 5.91 Å². The summed E-state index contributed by atoms with van der Waals surface area (Å²) in [7, 11) is 1.63. The molecule has 0 bridgehead atoms. The van der Waals surface area contributed by atoms with Crippen LogP contribution < -0.4 is 10.6 Å². The number of amides is 2. The molecule has 3 aromatic carbocycles. The van der Waals surface area contributed by atoms with Crippen molar-refractivity contribution in [3.63, 3.8) is 0 Å². The van der Waals surface area contributed by atoms with Crippen LogP contribution in [0.1, 0.15) is 22.8 Å². The van der Waals surface area contributed by atoms with Crippen molar-refractivity contribution in [2.75, 3.05) is 19.0 Å². The standard InChI is InChI=1S/C29H27N5O3/c1-19(35)32-22-16-24(29(36)31-18-21-10-7-9-20-8-3-4-11-23(20)21)27-26(17-22)33-28(34(27)14-15-37-2)25-12-5-6-13-30-25/h3-13,16-17H,14-15,18H2,1-2H3,(H,31,36)(H,32,35). The van der Waals surface area contributed by atoms with Crippen LogP contribution in [0.25, 0.3) is 33.3 Å². The zero-order chi connectivity index (χ0) is 25.8. The summed E-state index contributed by atoms with van der Waals surface area (Å²) in [5.74, 6) is 0.122. The van der Waals surface area contributed by atoms with Crippen molar-refractivity contribution in [3.05, 3.63) is 90.1 Å². The van der Waals surface area contributed by atoms with E-state index in [4.69, 9.17) is 9.72 Å². The van der Waals surface area contributed by atoms with Crippen molar-refractivity contribution in [2.24, 2.45) is 0 Å². The lowest BCUT2D eigenvalue weighted by molar-refractivity contribution is -0.114. The van der Waals surface area contributed by atoms with Crippen LogP contribution in [0, 0.1) is 0 Å². The van der Waals surface area contributed by atoms with Crippen LogP contribution in [0.2, 0.25) is 0 Å². The molecule has 37 heavy (non-hydrogen) atoms. The molecule has 0 atom stereocenters. The minimum atomic E-state index is -0.267. The number of carbonyl (C=O) groups is 2. The monoisotopic (exact) mass is 493 g/mol. The number of rotatable bonds is 8. The number of anilines is 1. The SMILES string of the molecule is COCCn1c(-c2ccccn2)nc2cc(NC(C)=O)cc(C(=O)NCc3cccc4ccccc34)c21. The zero-order valence-corrected chi connectivity index (χ0v) is 20.7. The summed E-state index contributed by atoms with van der Waals surface area (Å²) in [5, 5.41) is 8.07. The van der Waals surface area contributed by atoms with Gasteiger partial charge >= 0.3 is 0 Å². The highest BCUT2D eigenvalue weighted by molar-refractivity contribution is 6.08. The second-order valence-electron chi connectivity index (χ2n) is 8.69. The summed E-state index contributed by atoms with van der Waals surface area (Å²) >= 11 is 0. The highest BCUT2D eigenvalue weighted by Gasteiger charge is 2.21. The van der Waals surface area contributed by atoms with Crippen LogP contribution in [0.15, 0.2) is 79.0 Å². The summed E-state index contributed by atoms with van der Waals surface area (Å²) < 4.78 is 7.30. The van der Waals surface area contributed by atoms with E-state index in [1.54, 1.807) is 25.4 Å². The Morgan fingerprint density at radius 3 is 2.59 bits per heavy atom. The van der Waals surface area contributed by atoms with Crippen LogP contribution in [0.5, 0.6) is 0 Å². The maximum absolute atomic E-state index is 13.7. The van der Waals surface area contributed by atoms with E-state index >= 15 is 0 Å². The molecule has 8 nitrogen and oxygen atoms in total. The number of pyridine rings is 1. The average molecular weight is 494 g/mol. The molecular weight excluding hydrogens is 466 g/mol. The minimum absolute atomic E-state index is 0.231. The highest BCUT2D eigenvalue weighted by Crippen LogP contribution is 2.30. The second-order valence-corrected chi connectivity index (χ2v) is 8.69. The number of fused-ring (bicyclic) bond motifs is 2. The first-order chi connectivity index (χ1) is 18.0. The number of methoxy groups -OCH3 is 1. The molecular formula is C29H27N5O3. The Morgan fingerprint density at radius 1 is 1.00 bits per heavy atom. The Hall–Kier alpha value is -4.56. The molecule has 0 saturated heterocycles. The molecule has 2 aromatic heterocycles. The van der Waals surface area contributed by atoms with Gasteiger partial charge in [0, 0.05) is 39.0 Å². The fraction of sp³-hybridized carbons (Fsp3) is 0.172. The molecule has 8 heteroatoms. The van der Waals surface area contributed by atoms with Gasteiger partial charge in [-0.15, -0.1) is 0 Å². The molecule has 0 saturated carbocycles. The van der Waals surface area contributed by atoms with Gasteiger partial charge in [-0.2, -0.15) is 0 Å². The van der Waals surface area contributed by atoms with Crippen molar-refractivity contribution >= 4 is 39.3 Å². The van der Waals surface area contributed by atoms with Crippen LogP contribution in [-0.2, 0) is 22.6 Å². The quantitative estimate of drug-likeness (QED) is 0.324. The van der Waals surface area contributed by atoms with Crippen LogP contribution in [0.3, 0.4) is 0 Å². The van der Waals surface area contributed by atoms with Crippen molar-refractivity contribution in [2.45, 2.75) is 20.0 Å². The van der Waals surface area contributed by atoms with E-state index in [0.29, 0.717) is 53.5 Å². The van der Waals surface area contributed by atoms with Crippen LogP contribution in [0.4, 0.5) is 5.69 Å². The molecule has 0 fully saturated rings. The Labute approximate surface area is 214 Å². The number of ether oxygens (including phenoxy) is 1. The Kier molecular flexibility index (Phi) is 6.91. The predicted molar refractivity (Wildman–Crippen MR) is 144 cm³/mol. The first-order valence-corrected chi connectivity index (χ1v) is 12.0.